The van der Waals surface area contributed by atoms with Gasteiger partial charge in [0, 0.05) is 19.8 Å². The standard InChI is InChI=1S/C19H23FN6O3/c1-19(20)14(28)12(9-27)29-17(19)26-10-21-13-15(25(2)3)23-18(24-16(13)26)22-11-7-5-4-6-8-11/h4-8,10,12,14,17,27-28H,9H2,1-3H3,(H,22,23,24)/t12-,14-,17-,19-/m1/s1. The summed E-state index contributed by atoms with van der Waals surface area (Å²) < 4.78 is 22.3. The third-order valence-electron chi connectivity index (χ3n) is 5.01. The van der Waals surface area contributed by atoms with E-state index in [2.05, 4.69) is 20.3 Å². The van der Waals surface area contributed by atoms with Crippen molar-refractivity contribution in [1.82, 2.24) is 19.5 Å². The average molecular weight is 402 g/mol. The van der Waals surface area contributed by atoms with Gasteiger partial charge < -0.3 is 25.2 Å². The maximum absolute atomic E-state index is 15.3. The second-order valence-corrected chi connectivity index (χ2v) is 7.39. The van der Waals surface area contributed by atoms with Crippen LogP contribution >= 0.6 is 0 Å². The zero-order valence-electron chi connectivity index (χ0n) is 16.3. The number of hydrogen-bond acceptors (Lipinski definition) is 8. The van der Waals surface area contributed by atoms with Crippen LogP contribution in [0.5, 0.6) is 0 Å². The number of hydrogen-bond donors (Lipinski definition) is 3. The van der Waals surface area contributed by atoms with E-state index in [0.717, 1.165) is 5.69 Å². The first-order valence-electron chi connectivity index (χ1n) is 9.20. The Morgan fingerprint density at radius 2 is 2.00 bits per heavy atom. The number of nitrogens with zero attached hydrogens (tertiary/aromatic N) is 5. The summed E-state index contributed by atoms with van der Waals surface area (Å²) in [5, 5.41) is 22.7. The molecule has 1 saturated heterocycles. The van der Waals surface area contributed by atoms with Gasteiger partial charge in [0.05, 0.1) is 12.9 Å². The monoisotopic (exact) mass is 402 g/mol. The number of imidazole rings is 1. The van der Waals surface area contributed by atoms with Crippen molar-refractivity contribution in [2.75, 3.05) is 30.9 Å². The predicted molar refractivity (Wildman–Crippen MR) is 106 cm³/mol. The molecule has 0 spiro atoms. The fourth-order valence-corrected chi connectivity index (χ4v) is 3.45. The molecule has 0 radical (unpaired) electrons. The Morgan fingerprint density at radius 3 is 2.62 bits per heavy atom. The molecular weight excluding hydrogens is 379 g/mol. The van der Waals surface area contributed by atoms with Gasteiger partial charge >= 0.3 is 0 Å². The first-order chi connectivity index (χ1) is 13.8. The Kier molecular flexibility index (Phi) is 4.85. The first kappa shape index (κ1) is 19.5. The molecule has 4 rings (SSSR count). The van der Waals surface area contributed by atoms with Crippen molar-refractivity contribution >= 4 is 28.6 Å². The Balaban J connectivity index is 1.82. The number of anilines is 3. The molecule has 3 N–H and O–H groups in total. The van der Waals surface area contributed by atoms with Gasteiger partial charge in [-0.25, -0.2) is 9.37 Å². The summed E-state index contributed by atoms with van der Waals surface area (Å²) in [6.07, 6.45) is -2.31. The van der Waals surface area contributed by atoms with E-state index < -0.39 is 30.7 Å². The number of rotatable bonds is 5. The third-order valence-corrected chi connectivity index (χ3v) is 5.01. The van der Waals surface area contributed by atoms with Crippen molar-refractivity contribution < 1.29 is 19.3 Å². The molecule has 29 heavy (non-hydrogen) atoms. The second kappa shape index (κ2) is 7.21. The summed E-state index contributed by atoms with van der Waals surface area (Å²) in [5.74, 6) is 0.858. The van der Waals surface area contributed by atoms with Crippen LogP contribution in [0.4, 0.5) is 21.8 Å². The molecule has 1 fully saturated rings. The van der Waals surface area contributed by atoms with E-state index in [9.17, 15) is 10.2 Å². The predicted octanol–water partition coefficient (Wildman–Crippen LogP) is 1.61. The Bertz CT molecular complexity index is 1010. The van der Waals surface area contributed by atoms with E-state index >= 15 is 4.39 Å². The fourth-order valence-electron chi connectivity index (χ4n) is 3.45. The van der Waals surface area contributed by atoms with Crippen molar-refractivity contribution in [1.29, 1.82) is 0 Å². The van der Waals surface area contributed by atoms with Gasteiger partial charge in [-0.3, -0.25) is 4.57 Å². The minimum absolute atomic E-state index is 0.312. The number of aromatic nitrogens is 4. The van der Waals surface area contributed by atoms with E-state index in [1.165, 1.54) is 17.8 Å². The largest absolute Gasteiger partial charge is 0.394 e. The normalized spacial score (nSPS) is 26.8. The molecule has 2 aromatic heterocycles. The fraction of sp³-hybridized carbons (Fsp3) is 0.421. The van der Waals surface area contributed by atoms with Crippen LogP contribution in [0.15, 0.2) is 36.7 Å². The summed E-state index contributed by atoms with van der Waals surface area (Å²) in [5.41, 5.74) is -0.528. The summed E-state index contributed by atoms with van der Waals surface area (Å²) in [7, 11) is 3.65. The minimum Gasteiger partial charge on any atom is -0.394 e. The highest BCUT2D eigenvalue weighted by atomic mass is 19.1. The zero-order valence-corrected chi connectivity index (χ0v) is 16.3. The number of para-hydroxylation sites is 1. The molecule has 9 nitrogen and oxygen atoms in total. The molecule has 154 valence electrons. The zero-order chi connectivity index (χ0) is 20.8. The highest BCUT2D eigenvalue weighted by Gasteiger charge is 2.55. The lowest BCUT2D eigenvalue weighted by Gasteiger charge is -2.24. The minimum atomic E-state index is -2.14. The Hall–Kier alpha value is -2.82. The van der Waals surface area contributed by atoms with Crippen LogP contribution in [-0.2, 0) is 4.74 Å². The molecule has 3 aromatic rings. The van der Waals surface area contributed by atoms with Crippen LogP contribution in [0.1, 0.15) is 13.2 Å². The Morgan fingerprint density at radius 1 is 1.28 bits per heavy atom. The number of ether oxygens (including phenoxy) is 1. The van der Waals surface area contributed by atoms with E-state index in [1.54, 1.807) is 4.90 Å². The van der Waals surface area contributed by atoms with Crippen molar-refractivity contribution in [3.05, 3.63) is 36.7 Å². The van der Waals surface area contributed by atoms with Crippen LogP contribution in [0.2, 0.25) is 0 Å². The number of aliphatic hydroxyl groups excluding tert-OH is 2. The van der Waals surface area contributed by atoms with Gasteiger partial charge in [0.15, 0.2) is 28.9 Å². The lowest BCUT2D eigenvalue weighted by molar-refractivity contribution is -0.0566. The van der Waals surface area contributed by atoms with Crippen molar-refractivity contribution in [2.45, 2.75) is 31.0 Å². The number of nitrogens with one attached hydrogen (secondary N) is 1. The highest BCUT2D eigenvalue weighted by Crippen LogP contribution is 2.42. The van der Waals surface area contributed by atoms with Gasteiger partial charge in [-0.05, 0) is 19.1 Å². The van der Waals surface area contributed by atoms with Gasteiger partial charge in [-0.2, -0.15) is 9.97 Å². The van der Waals surface area contributed by atoms with Crippen molar-refractivity contribution in [2.24, 2.45) is 0 Å². The molecule has 0 amide bonds. The van der Waals surface area contributed by atoms with Gasteiger partial charge in [0.2, 0.25) is 5.95 Å². The first-order valence-corrected chi connectivity index (χ1v) is 9.20. The molecular formula is C19H23FN6O3. The maximum atomic E-state index is 15.3. The number of aliphatic hydroxyl groups is 2. The molecule has 0 saturated carbocycles. The molecule has 1 aromatic carbocycles. The lowest BCUT2D eigenvalue weighted by atomic mass is 9.98. The van der Waals surface area contributed by atoms with Crippen molar-refractivity contribution in [3.63, 3.8) is 0 Å². The van der Waals surface area contributed by atoms with Crippen LogP contribution in [-0.4, -0.2) is 68.3 Å². The molecule has 0 unspecified atom stereocenters. The molecule has 1 aliphatic heterocycles. The topological polar surface area (TPSA) is 109 Å². The number of benzene rings is 1. The average Bonchev–Trinajstić information content (AvgIpc) is 3.20. The summed E-state index contributed by atoms with van der Waals surface area (Å²) in [4.78, 5) is 15.2. The van der Waals surface area contributed by atoms with Crippen LogP contribution in [0.3, 0.4) is 0 Å². The van der Waals surface area contributed by atoms with Crippen LogP contribution in [0, 0.1) is 0 Å². The SMILES string of the molecule is CN(C)c1nc(Nc2ccccc2)nc2c1ncn2[C@@H]1O[C@H](CO)[C@@H](O)[C@@]1(C)F. The van der Waals surface area contributed by atoms with Gasteiger partial charge in [0.1, 0.15) is 12.2 Å². The highest BCUT2D eigenvalue weighted by molar-refractivity contribution is 5.85. The molecule has 0 bridgehead atoms. The molecule has 10 heteroatoms. The Labute approximate surface area is 166 Å². The summed E-state index contributed by atoms with van der Waals surface area (Å²) in [6, 6.07) is 9.42. The maximum Gasteiger partial charge on any atom is 0.231 e. The molecule has 3 heterocycles. The number of fused-ring (bicyclic) bond motifs is 1. The van der Waals surface area contributed by atoms with E-state index in [0.29, 0.717) is 22.9 Å². The van der Waals surface area contributed by atoms with Crippen molar-refractivity contribution in [3.8, 4) is 0 Å². The number of halogens is 1. The quantitative estimate of drug-likeness (QED) is 0.591. The third kappa shape index (κ3) is 3.28. The lowest BCUT2D eigenvalue weighted by Crippen LogP contribution is -2.40. The molecule has 0 aliphatic carbocycles. The van der Waals surface area contributed by atoms with Gasteiger partial charge in [-0.1, -0.05) is 18.2 Å². The van der Waals surface area contributed by atoms with E-state index in [4.69, 9.17) is 4.74 Å². The van der Waals surface area contributed by atoms with Crippen LogP contribution < -0.4 is 10.2 Å². The van der Waals surface area contributed by atoms with E-state index in [-0.39, 0.29) is 0 Å². The smallest absolute Gasteiger partial charge is 0.231 e. The summed E-state index contributed by atoms with van der Waals surface area (Å²) in [6.45, 7) is 0.740. The van der Waals surface area contributed by atoms with Gasteiger partial charge in [0.25, 0.3) is 0 Å². The molecule has 1 aliphatic rings. The van der Waals surface area contributed by atoms with Gasteiger partial charge in [-0.15, -0.1) is 0 Å². The van der Waals surface area contributed by atoms with E-state index in [1.807, 2.05) is 44.4 Å². The molecule has 4 atom stereocenters. The van der Waals surface area contributed by atoms with Crippen LogP contribution in [0.25, 0.3) is 11.2 Å². The second-order valence-electron chi connectivity index (χ2n) is 7.39. The number of alkyl halides is 1. The summed E-state index contributed by atoms with van der Waals surface area (Å²) >= 11 is 0.